The van der Waals surface area contributed by atoms with Gasteiger partial charge in [0, 0.05) is 23.0 Å². The third-order valence-corrected chi connectivity index (χ3v) is 4.92. The molecule has 1 atom stereocenters. The van der Waals surface area contributed by atoms with E-state index in [9.17, 15) is 4.79 Å². The predicted octanol–water partition coefficient (Wildman–Crippen LogP) is 4.78. The van der Waals surface area contributed by atoms with E-state index >= 15 is 0 Å². The van der Waals surface area contributed by atoms with Crippen LogP contribution in [0.3, 0.4) is 0 Å². The van der Waals surface area contributed by atoms with Crippen molar-refractivity contribution in [1.29, 1.82) is 0 Å². The van der Waals surface area contributed by atoms with Crippen LogP contribution in [0.15, 0.2) is 60.8 Å². The van der Waals surface area contributed by atoms with E-state index in [1.54, 1.807) is 11.1 Å². The van der Waals surface area contributed by atoms with Crippen LogP contribution in [0.5, 0.6) is 0 Å². The molecule has 1 aliphatic rings. The summed E-state index contributed by atoms with van der Waals surface area (Å²) < 4.78 is 0. The number of hydrogen-bond acceptors (Lipinski definition) is 3. The SMILES string of the molecule is Cc1ccc(N2C(=O)c3ccccc3[C@H]2Nc2ccc(C)c(C)c2)nc1. The molecule has 0 saturated heterocycles. The van der Waals surface area contributed by atoms with Gasteiger partial charge in [0.05, 0.1) is 0 Å². The minimum absolute atomic E-state index is 0.0294. The Hall–Kier alpha value is -3.14. The van der Waals surface area contributed by atoms with Crippen LogP contribution in [0.25, 0.3) is 0 Å². The average Bonchev–Trinajstić information content (AvgIpc) is 2.92. The van der Waals surface area contributed by atoms with Gasteiger partial charge in [-0.3, -0.25) is 9.69 Å². The van der Waals surface area contributed by atoms with Crippen molar-refractivity contribution in [3.8, 4) is 0 Å². The van der Waals surface area contributed by atoms with Crippen molar-refractivity contribution >= 4 is 17.4 Å². The number of fused-ring (bicyclic) bond motifs is 1. The maximum absolute atomic E-state index is 13.0. The van der Waals surface area contributed by atoms with Crippen molar-refractivity contribution in [3.63, 3.8) is 0 Å². The van der Waals surface area contributed by atoms with Crippen LogP contribution in [-0.4, -0.2) is 10.9 Å². The van der Waals surface area contributed by atoms with Gasteiger partial charge in [-0.25, -0.2) is 4.98 Å². The first-order chi connectivity index (χ1) is 12.5. The minimum atomic E-state index is -0.281. The lowest BCUT2D eigenvalue weighted by Gasteiger charge is -2.26. The van der Waals surface area contributed by atoms with Crippen LogP contribution in [0.2, 0.25) is 0 Å². The van der Waals surface area contributed by atoms with Crippen LogP contribution in [0, 0.1) is 20.8 Å². The summed E-state index contributed by atoms with van der Waals surface area (Å²) in [4.78, 5) is 19.3. The number of rotatable bonds is 3. The number of benzene rings is 2. The van der Waals surface area contributed by atoms with E-state index in [-0.39, 0.29) is 12.1 Å². The third kappa shape index (κ3) is 2.73. The smallest absolute Gasteiger partial charge is 0.261 e. The topological polar surface area (TPSA) is 45.2 Å². The fourth-order valence-electron chi connectivity index (χ4n) is 3.29. The summed E-state index contributed by atoms with van der Waals surface area (Å²) in [6, 6.07) is 17.9. The normalized spacial score (nSPS) is 15.9. The number of carbonyl (C=O) groups excluding carboxylic acids is 1. The largest absolute Gasteiger partial charge is 0.361 e. The summed E-state index contributed by atoms with van der Waals surface area (Å²) in [7, 11) is 0. The Kier molecular flexibility index (Phi) is 3.96. The number of aromatic nitrogens is 1. The second kappa shape index (κ2) is 6.30. The number of hydrogen-bond donors (Lipinski definition) is 1. The number of pyridine rings is 1. The Balaban J connectivity index is 1.77. The molecule has 3 aromatic rings. The molecular weight excluding hydrogens is 322 g/mol. The minimum Gasteiger partial charge on any atom is -0.361 e. The van der Waals surface area contributed by atoms with Crippen LogP contribution in [0.4, 0.5) is 11.5 Å². The Labute approximate surface area is 153 Å². The van der Waals surface area contributed by atoms with Crippen LogP contribution in [-0.2, 0) is 0 Å². The number of anilines is 2. The lowest BCUT2D eigenvalue weighted by Crippen LogP contribution is -2.33. The Morgan fingerprint density at radius 1 is 0.962 bits per heavy atom. The summed E-state index contributed by atoms with van der Waals surface area (Å²) in [5.41, 5.74) is 6.20. The Morgan fingerprint density at radius 3 is 2.50 bits per heavy atom. The molecule has 4 nitrogen and oxygen atoms in total. The molecule has 0 unspecified atom stereocenters. The summed E-state index contributed by atoms with van der Waals surface area (Å²) in [6.45, 7) is 6.17. The van der Waals surface area contributed by atoms with E-state index < -0.39 is 0 Å². The van der Waals surface area contributed by atoms with Gasteiger partial charge < -0.3 is 5.32 Å². The number of nitrogens with one attached hydrogen (secondary N) is 1. The summed E-state index contributed by atoms with van der Waals surface area (Å²) in [5.74, 6) is 0.622. The van der Waals surface area contributed by atoms with Gasteiger partial charge in [0.2, 0.25) is 0 Å². The van der Waals surface area contributed by atoms with Crippen molar-refractivity contribution in [2.24, 2.45) is 0 Å². The molecule has 1 N–H and O–H groups in total. The van der Waals surface area contributed by atoms with Crippen LogP contribution >= 0.6 is 0 Å². The van der Waals surface area contributed by atoms with Gasteiger partial charge in [-0.05, 0) is 61.7 Å². The maximum Gasteiger partial charge on any atom is 0.261 e. The highest BCUT2D eigenvalue weighted by atomic mass is 16.2. The molecule has 2 aromatic carbocycles. The molecule has 4 heteroatoms. The Morgan fingerprint density at radius 2 is 1.77 bits per heavy atom. The zero-order valence-electron chi connectivity index (χ0n) is 15.2. The second-order valence-corrected chi connectivity index (χ2v) is 6.80. The van der Waals surface area contributed by atoms with Crippen molar-refractivity contribution in [2.45, 2.75) is 26.9 Å². The van der Waals surface area contributed by atoms with Gasteiger partial charge in [0.25, 0.3) is 5.91 Å². The van der Waals surface area contributed by atoms with Crippen LogP contribution in [0.1, 0.15) is 38.8 Å². The van der Waals surface area contributed by atoms with Gasteiger partial charge in [0.15, 0.2) is 0 Å². The molecule has 0 radical (unpaired) electrons. The molecule has 4 rings (SSSR count). The fourth-order valence-corrected chi connectivity index (χ4v) is 3.29. The maximum atomic E-state index is 13.0. The van der Waals surface area contributed by atoms with Crippen molar-refractivity contribution in [3.05, 3.63) is 88.6 Å². The quantitative estimate of drug-likeness (QED) is 0.744. The second-order valence-electron chi connectivity index (χ2n) is 6.80. The third-order valence-electron chi connectivity index (χ3n) is 4.92. The van der Waals surface area contributed by atoms with Gasteiger partial charge in [0.1, 0.15) is 12.0 Å². The predicted molar refractivity (Wildman–Crippen MR) is 105 cm³/mol. The molecular formula is C22H21N3O. The van der Waals surface area contributed by atoms with Crippen molar-refractivity contribution in [2.75, 3.05) is 10.2 Å². The number of aryl methyl sites for hydroxylation is 3. The first-order valence-electron chi connectivity index (χ1n) is 8.73. The molecule has 2 heterocycles. The summed E-state index contributed by atoms with van der Waals surface area (Å²) in [6.07, 6.45) is 1.51. The molecule has 130 valence electrons. The lowest BCUT2D eigenvalue weighted by molar-refractivity contribution is 0.0992. The van der Waals surface area contributed by atoms with E-state index in [1.807, 2.05) is 43.3 Å². The molecule has 0 saturated carbocycles. The van der Waals surface area contributed by atoms with Gasteiger partial charge in [-0.1, -0.05) is 30.3 Å². The molecule has 26 heavy (non-hydrogen) atoms. The van der Waals surface area contributed by atoms with Gasteiger partial charge in [-0.2, -0.15) is 0 Å². The van der Waals surface area contributed by atoms with E-state index in [4.69, 9.17) is 0 Å². The van der Waals surface area contributed by atoms with Crippen molar-refractivity contribution < 1.29 is 4.79 Å². The molecule has 0 aliphatic carbocycles. The number of nitrogens with zero attached hydrogens (tertiary/aromatic N) is 2. The van der Waals surface area contributed by atoms with Gasteiger partial charge in [-0.15, -0.1) is 0 Å². The van der Waals surface area contributed by atoms with E-state index in [0.29, 0.717) is 5.82 Å². The molecule has 1 aliphatic heterocycles. The standard InChI is InChI=1S/C22H21N3O/c1-14-8-11-20(23-13-14)25-21(18-6-4-5-7-19(18)22(25)26)24-17-10-9-15(2)16(3)12-17/h4-13,21,24H,1-3H3/t21-/m0/s1. The molecule has 0 bridgehead atoms. The fraction of sp³-hybridized carbons (Fsp3) is 0.182. The summed E-state index contributed by atoms with van der Waals surface area (Å²) >= 11 is 0. The highest BCUT2D eigenvalue weighted by Gasteiger charge is 2.38. The Bertz CT molecular complexity index is 979. The van der Waals surface area contributed by atoms with Crippen molar-refractivity contribution in [1.82, 2.24) is 4.98 Å². The molecule has 1 amide bonds. The molecule has 0 fully saturated rings. The lowest BCUT2D eigenvalue weighted by atomic mass is 10.1. The average molecular weight is 343 g/mol. The first kappa shape index (κ1) is 16.3. The molecule has 1 aromatic heterocycles. The monoisotopic (exact) mass is 343 g/mol. The van der Waals surface area contributed by atoms with Crippen LogP contribution < -0.4 is 10.2 Å². The number of carbonyl (C=O) groups is 1. The highest BCUT2D eigenvalue weighted by Crippen LogP contribution is 2.37. The first-order valence-corrected chi connectivity index (χ1v) is 8.73. The highest BCUT2D eigenvalue weighted by molar-refractivity contribution is 6.11. The molecule has 0 spiro atoms. The van der Waals surface area contributed by atoms with E-state index in [2.05, 4.69) is 42.3 Å². The summed E-state index contributed by atoms with van der Waals surface area (Å²) in [5, 5.41) is 3.52. The zero-order chi connectivity index (χ0) is 18.3. The van der Waals surface area contributed by atoms with E-state index in [0.717, 1.165) is 22.4 Å². The number of amides is 1. The zero-order valence-corrected chi connectivity index (χ0v) is 15.2. The van der Waals surface area contributed by atoms with E-state index in [1.165, 1.54) is 11.1 Å². The van der Waals surface area contributed by atoms with Gasteiger partial charge >= 0.3 is 0 Å².